The minimum absolute atomic E-state index is 0.186. The average molecular weight is 410 g/mol. The monoisotopic (exact) mass is 410 g/mol. The molecule has 1 amide bonds. The largest absolute Gasteiger partial charge is 0.493 e. The SMILES string of the molecule is CCOc1cc(C(=O)N(C)Cc2cccc3cn[nH]c23)cc(C#N)c1-c1ccccc1. The summed E-state index contributed by atoms with van der Waals surface area (Å²) in [5.74, 6) is 0.341. The minimum atomic E-state index is -0.186. The van der Waals surface area contributed by atoms with E-state index in [1.807, 2.05) is 55.5 Å². The van der Waals surface area contributed by atoms with Gasteiger partial charge in [0, 0.05) is 30.1 Å². The number of amides is 1. The van der Waals surface area contributed by atoms with Gasteiger partial charge in [-0.05, 0) is 30.2 Å². The molecule has 0 aliphatic rings. The molecule has 0 unspecified atom stereocenters. The Bertz CT molecular complexity index is 1270. The molecule has 0 saturated heterocycles. The van der Waals surface area contributed by atoms with Crippen LogP contribution in [0.2, 0.25) is 0 Å². The second-order valence-electron chi connectivity index (χ2n) is 7.22. The molecule has 0 radical (unpaired) electrons. The molecule has 1 N–H and O–H groups in total. The molecule has 1 heterocycles. The fourth-order valence-corrected chi connectivity index (χ4v) is 3.71. The van der Waals surface area contributed by atoms with E-state index in [1.54, 1.807) is 30.3 Å². The fraction of sp³-hybridized carbons (Fsp3) is 0.160. The van der Waals surface area contributed by atoms with E-state index in [1.165, 1.54) is 0 Å². The van der Waals surface area contributed by atoms with Crippen LogP contribution in [0.1, 0.15) is 28.4 Å². The molecule has 0 fully saturated rings. The lowest BCUT2D eigenvalue weighted by atomic mass is 9.96. The standard InChI is InChI=1S/C25H22N4O2/c1-3-31-22-13-20(12-21(14-26)23(22)17-8-5-4-6-9-17)25(30)29(2)16-19-11-7-10-18-15-27-28-24(18)19/h4-13,15H,3,16H2,1-2H3,(H,27,28). The Morgan fingerprint density at radius 3 is 2.71 bits per heavy atom. The lowest BCUT2D eigenvalue weighted by Gasteiger charge is -2.20. The molecule has 0 bridgehead atoms. The van der Waals surface area contributed by atoms with E-state index in [2.05, 4.69) is 16.3 Å². The third-order valence-electron chi connectivity index (χ3n) is 5.15. The third-order valence-corrected chi connectivity index (χ3v) is 5.15. The molecule has 154 valence electrons. The summed E-state index contributed by atoms with van der Waals surface area (Å²) in [5, 5.41) is 17.9. The molecule has 3 aromatic carbocycles. The molecule has 31 heavy (non-hydrogen) atoms. The van der Waals surface area contributed by atoms with E-state index in [9.17, 15) is 10.1 Å². The molecule has 0 saturated carbocycles. The Kier molecular flexibility index (Phi) is 5.67. The van der Waals surface area contributed by atoms with Crippen molar-refractivity contribution in [2.45, 2.75) is 13.5 Å². The summed E-state index contributed by atoms with van der Waals surface area (Å²) in [4.78, 5) is 14.9. The number of hydrogen-bond acceptors (Lipinski definition) is 4. The number of nitrogens with one attached hydrogen (secondary N) is 1. The molecule has 4 rings (SSSR count). The van der Waals surface area contributed by atoms with Crippen molar-refractivity contribution in [3.05, 3.63) is 83.6 Å². The maximum Gasteiger partial charge on any atom is 0.254 e. The first-order chi connectivity index (χ1) is 15.1. The number of ether oxygens (including phenoxy) is 1. The van der Waals surface area contributed by atoms with Gasteiger partial charge in [0.2, 0.25) is 0 Å². The van der Waals surface area contributed by atoms with Crippen molar-refractivity contribution in [1.82, 2.24) is 15.1 Å². The molecule has 0 spiro atoms. The Balaban J connectivity index is 1.70. The molecule has 0 atom stereocenters. The number of nitriles is 1. The molecular formula is C25H22N4O2. The Morgan fingerprint density at radius 1 is 1.16 bits per heavy atom. The van der Waals surface area contributed by atoms with Crippen LogP contribution < -0.4 is 4.74 Å². The first-order valence-corrected chi connectivity index (χ1v) is 10.0. The highest BCUT2D eigenvalue weighted by molar-refractivity contribution is 5.97. The van der Waals surface area contributed by atoms with Crippen LogP contribution in [0.15, 0.2) is 66.9 Å². The van der Waals surface area contributed by atoms with Crippen LogP contribution >= 0.6 is 0 Å². The number of hydrogen-bond donors (Lipinski definition) is 1. The number of aromatic nitrogens is 2. The number of nitrogens with zero attached hydrogens (tertiary/aromatic N) is 3. The van der Waals surface area contributed by atoms with Crippen molar-refractivity contribution < 1.29 is 9.53 Å². The number of aromatic amines is 1. The van der Waals surface area contributed by atoms with Gasteiger partial charge in [-0.15, -0.1) is 0 Å². The van der Waals surface area contributed by atoms with Crippen LogP contribution in [0.5, 0.6) is 5.75 Å². The highest BCUT2D eigenvalue weighted by atomic mass is 16.5. The van der Waals surface area contributed by atoms with Crippen LogP contribution in [0, 0.1) is 11.3 Å². The van der Waals surface area contributed by atoms with Crippen LogP contribution in [0.3, 0.4) is 0 Å². The van der Waals surface area contributed by atoms with Crippen molar-refractivity contribution in [3.8, 4) is 22.9 Å². The van der Waals surface area contributed by atoms with Crippen molar-refractivity contribution in [2.24, 2.45) is 0 Å². The lowest BCUT2D eigenvalue weighted by Crippen LogP contribution is -2.26. The third kappa shape index (κ3) is 3.99. The fourth-order valence-electron chi connectivity index (χ4n) is 3.71. The van der Waals surface area contributed by atoms with Gasteiger partial charge in [-0.25, -0.2) is 0 Å². The van der Waals surface area contributed by atoms with Gasteiger partial charge in [-0.1, -0.05) is 48.5 Å². The first kappa shape index (κ1) is 20.2. The predicted molar refractivity (Wildman–Crippen MR) is 120 cm³/mol. The number of fused-ring (bicyclic) bond motifs is 1. The summed E-state index contributed by atoms with van der Waals surface area (Å²) in [7, 11) is 1.75. The van der Waals surface area contributed by atoms with Gasteiger partial charge in [0.15, 0.2) is 0 Å². The summed E-state index contributed by atoms with van der Waals surface area (Å²) >= 11 is 0. The van der Waals surface area contributed by atoms with Gasteiger partial charge in [0.1, 0.15) is 5.75 Å². The summed E-state index contributed by atoms with van der Waals surface area (Å²) in [6.45, 7) is 2.72. The van der Waals surface area contributed by atoms with Crippen molar-refractivity contribution in [3.63, 3.8) is 0 Å². The number of carbonyl (C=O) groups is 1. The second kappa shape index (κ2) is 8.72. The van der Waals surface area contributed by atoms with Crippen LogP contribution in [-0.2, 0) is 6.54 Å². The molecule has 1 aromatic heterocycles. The van der Waals surface area contributed by atoms with Gasteiger partial charge >= 0.3 is 0 Å². The van der Waals surface area contributed by atoms with Gasteiger partial charge in [-0.2, -0.15) is 10.4 Å². The Labute approximate surface area is 180 Å². The summed E-state index contributed by atoms with van der Waals surface area (Å²) < 4.78 is 5.83. The Morgan fingerprint density at radius 2 is 1.97 bits per heavy atom. The van der Waals surface area contributed by atoms with Crippen LogP contribution in [0.4, 0.5) is 0 Å². The summed E-state index contributed by atoms with van der Waals surface area (Å²) in [6, 6.07) is 21.1. The number of rotatable bonds is 6. The van der Waals surface area contributed by atoms with E-state index in [-0.39, 0.29) is 5.91 Å². The van der Waals surface area contributed by atoms with Crippen LogP contribution in [0.25, 0.3) is 22.0 Å². The molecule has 0 aliphatic heterocycles. The quantitative estimate of drug-likeness (QED) is 0.496. The minimum Gasteiger partial charge on any atom is -0.493 e. The molecular weight excluding hydrogens is 388 g/mol. The zero-order valence-electron chi connectivity index (χ0n) is 17.4. The Hall–Kier alpha value is -4.11. The van der Waals surface area contributed by atoms with Gasteiger partial charge in [-0.3, -0.25) is 9.89 Å². The smallest absolute Gasteiger partial charge is 0.254 e. The van der Waals surface area contributed by atoms with E-state index >= 15 is 0 Å². The van der Waals surface area contributed by atoms with E-state index in [0.717, 1.165) is 22.0 Å². The number of para-hydroxylation sites is 1. The second-order valence-corrected chi connectivity index (χ2v) is 7.22. The summed E-state index contributed by atoms with van der Waals surface area (Å²) in [6.07, 6.45) is 1.76. The highest BCUT2D eigenvalue weighted by Crippen LogP contribution is 2.35. The topological polar surface area (TPSA) is 82.0 Å². The van der Waals surface area contributed by atoms with Gasteiger partial charge < -0.3 is 9.64 Å². The maximum absolute atomic E-state index is 13.2. The number of benzene rings is 3. The zero-order valence-corrected chi connectivity index (χ0v) is 17.4. The molecule has 0 aliphatic carbocycles. The molecule has 4 aromatic rings. The normalized spacial score (nSPS) is 10.6. The van der Waals surface area contributed by atoms with Crippen LogP contribution in [-0.4, -0.2) is 34.7 Å². The number of H-pyrrole nitrogens is 1. The predicted octanol–water partition coefficient (Wildman–Crippen LogP) is 4.77. The summed E-state index contributed by atoms with van der Waals surface area (Å²) in [5.41, 5.74) is 4.28. The maximum atomic E-state index is 13.2. The van der Waals surface area contributed by atoms with Crippen molar-refractivity contribution in [2.75, 3.05) is 13.7 Å². The van der Waals surface area contributed by atoms with Crippen molar-refractivity contribution in [1.29, 1.82) is 5.26 Å². The highest BCUT2D eigenvalue weighted by Gasteiger charge is 2.20. The lowest BCUT2D eigenvalue weighted by molar-refractivity contribution is 0.0785. The zero-order chi connectivity index (χ0) is 21.8. The van der Waals surface area contributed by atoms with E-state index in [4.69, 9.17) is 4.74 Å². The van der Waals surface area contributed by atoms with Crippen molar-refractivity contribution >= 4 is 16.8 Å². The van der Waals surface area contributed by atoms with E-state index < -0.39 is 0 Å². The van der Waals surface area contributed by atoms with E-state index in [0.29, 0.717) is 35.6 Å². The first-order valence-electron chi connectivity index (χ1n) is 10.0. The molecule has 6 heteroatoms. The number of carbonyl (C=O) groups excluding carboxylic acids is 1. The molecule has 6 nitrogen and oxygen atoms in total. The van der Waals surface area contributed by atoms with Gasteiger partial charge in [0.05, 0.1) is 30.0 Å². The average Bonchev–Trinajstić information content (AvgIpc) is 3.29. The van der Waals surface area contributed by atoms with Gasteiger partial charge in [0.25, 0.3) is 5.91 Å².